The Kier molecular flexibility index (Phi) is 3.75. The van der Waals surface area contributed by atoms with Gasteiger partial charge in [-0.25, -0.2) is 0 Å². The maximum atomic E-state index is 11.2. The fraction of sp³-hybridized carbons (Fsp3) is 0.0769. The summed E-state index contributed by atoms with van der Waals surface area (Å²) in [7, 11) is -2.80. The van der Waals surface area contributed by atoms with Gasteiger partial charge in [-0.1, -0.05) is 48.5 Å². The second-order valence-electron chi connectivity index (χ2n) is 3.71. The van der Waals surface area contributed by atoms with Gasteiger partial charge in [-0.15, -0.1) is 0 Å². The van der Waals surface area contributed by atoms with Crippen LogP contribution in [0, 0.1) is 0 Å². The summed E-state index contributed by atoms with van der Waals surface area (Å²) in [5, 5.41) is 10.5. The van der Waals surface area contributed by atoms with E-state index in [0.717, 1.165) is 0 Å². The number of aliphatic hydroxyl groups excluding tert-OH is 1. The molecule has 2 unspecified atom stereocenters. The molecular weight excluding hydrogens is 235 g/mol. The minimum atomic E-state index is -2.80. The van der Waals surface area contributed by atoms with Crippen molar-refractivity contribution in [3.63, 3.8) is 0 Å². The van der Waals surface area contributed by atoms with Crippen LogP contribution in [0.1, 0.15) is 17.2 Å². The van der Waals surface area contributed by atoms with Crippen LogP contribution in [0.4, 0.5) is 0 Å². The Labute approximate surface area is 100 Å². The maximum absolute atomic E-state index is 11.2. The Hall–Kier alpha value is -1.41. The van der Waals surface area contributed by atoms with Crippen LogP contribution in [-0.4, -0.2) is 10.00 Å². The van der Waals surface area contributed by atoms with Gasteiger partial charge in [-0.05, 0) is 17.2 Å². The van der Waals surface area contributed by atoms with E-state index >= 15 is 0 Å². The quantitative estimate of drug-likeness (QED) is 0.815. The van der Waals surface area contributed by atoms with Crippen LogP contribution in [0.5, 0.6) is 0 Å². The molecule has 17 heavy (non-hydrogen) atoms. The molecule has 0 radical (unpaired) electrons. The molecule has 0 bridgehead atoms. The van der Waals surface area contributed by atoms with Gasteiger partial charge in [0, 0.05) is 5.30 Å². The van der Waals surface area contributed by atoms with Crippen molar-refractivity contribution in [2.45, 2.75) is 6.10 Å². The Morgan fingerprint density at radius 3 is 2.18 bits per heavy atom. The van der Waals surface area contributed by atoms with Gasteiger partial charge in [0.05, 0.1) is 0 Å². The topological polar surface area (TPSA) is 57.5 Å². The minimum absolute atomic E-state index is 0.314. The van der Waals surface area contributed by atoms with Crippen molar-refractivity contribution >= 4 is 13.3 Å². The van der Waals surface area contributed by atoms with Gasteiger partial charge in [0.15, 0.2) is 0 Å². The molecule has 2 rings (SSSR count). The second kappa shape index (κ2) is 5.28. The predicted octanol–water partition coefficient (Wildman–Crippen LogP) is 1.86. The highest BCUT2D eigenvalue weighted by atomic mass is 31.1. The fourth-order valence-electron chi connectivity index (χ4n) is 1.75. The number of rotatable bonds is 3. The van der Waals surface area contributed by atoms with Crippen molar-refractivity contribution in [1.82, 2.24) is 0 Å². The summed E-state index contributed by atoms with van der Waals surface area (Å²) in [5.41, 5.74) is 1.20. The lowest BCUT2D eigenvalue weighted by molar-refractivity contribution is 0.221. The van der Waals surface area contributed by atoms with E-state index < -0.39 is 14.1 Å². The molecule has 0 aliphatic rings. The van der Waals surface area contributed by atoms with Crippen LogP contribution in [0.2, 0.25) is 0 Å². The van der Waals surface area contributed by atoms with Crippen LogP contribution in [-0.2, 0) is 4.57 Å². The molecule has 0 fully saturated rings. The van der Waals surface area contributed by atoms with E-state index in [1.54, 1.807) is 36.4 Å². The van der Waals surface area contributed by atoms with E-state index in [-0.39, 0.29) is 0 Å². The van der Waals surface area contributed by atoms with Crippen LogP contribution >= 0.6 is 8.03 Å². The predicted molar refractivity (Wildman–Crippen MR) is 67.8 cm³/mol. The first-order chi connectivity index (χ1) is 8.20. The molecule has 2 aromatic carbocycles. The Morgan fingerprint density at radius 2 is 1.53 bits per heavy atom. The largest absolute Gasteiger partial charge is 0.384 e. The normalized spacial score (nSPS) is 14.2. The first-order valence-corrected chi connectivity index (χ1v) is 6.61. The van der Waals surface area contributed by atoms with Gasteiger partial charge < -0.3 is 10.00 Å². The zero-order valence-corrected chi connectivity index (χ0v) is 10.1. The van der Waals surface area contributed by atoms with Gasteiger partial charge in [0.1, 0.15) is 6.10 Å². The molecule has 0 aliphatic heterocycles. The molecule has 0 amide bonds. The molecular formula is C13H13O3P. The first-order valence-electron chi connectivity index (χ1n) is 5.25. The first kappa shape index (κ1) is 12.1. The molecule has 0 saturated carbocycles. The number of aliphatic hydroxyl groups is 1. The highest BCUT2D eigenvalue weighted by Crippen LogP contribution is 2.25. The van der Waals surface area contributed by atoms with Crippen LogP contribution in [0.3, 0.4) is 0 Å². The lowest BCUT2D eigenvalue weighted by atomic mass is 10.0. The SMILES string of the molecule is O=[PH](O)c1ccccc1C(O)c1ccccc1. The lowest BCUT2D eigenvalue weighted by Crippen LogP contribution is -2.11. The molecule has 0 aromatic heterocycles. The van der Waals surface area contributed by atoms with Crippen LogP contribution in [0.25, 0.3) is 0 Å². The van der Waals surface area contributed by atoms with Crippen LogP contribution in [0.15, 0.2) is 54.6 Å². The van der Waals surface area contributed by atoms with E-state index in [1.807, 2.05) is 18.2 Å². The molecule has 2 N–H and O–H groups in total. The molecule has 0 heterocycles. The van der Waals surface area contributed by atoms with Crippen molar-refractivity contribution in [1.29, 1.82) is 0 Å². The van der Waals surface area contributed by atoms with Gasteiger partial charge in [0.25, 0.3) is 0 Å². The van der Waals surface area contributed by atoms with E-state index in [1.165, 1.54) is 0 Å². The molecule has 2 aromatic rings. The third-order valence-electron chi connectivity index (χ3n) is 2.60. The van der Waals surface area contributed by atoms with Crippen molar-refractivity contribution in [3.8, 4) is 0 Å². The summed E-state index contributed by atoms with van der Waals surface area (Å²) < 4.78 is 11.2. The van der Waals surface area contributed by atoms with Gasteiger partial charge >= 0.3 is 0 Å². The number of hydrogen-bond acceptors (Lipinski definition) is 2. The monoisotopic (exact) mass is 248 g/mol. The number of hydrogen-bond donors (Lipinski definition) is 2. The Bertz CT molecular complexity index is 525. The Morgan fingerprint density at radius 1 is 0.941 bits per heavy atom. The highest BCUT2D eigenvalue weighted by Gasteiger charge is 2.15. The fourth-order valence-corrected chi connectivity index (χ4v) is 2.45. The summed E-state index contributed by atoms with van der Waals surface area (Å²) in [6, 6.07) is 15.8. The van der Waals surface area contributed by atoms with Crippen molar-refractivity contribution < 1.29 is 14.6 Å². The minimum Gasteiger partial charge on any atom is -0.384 e. The van der Waals surface area contributed by atoms with E-state index in [4.69, 9.17) is 0 Å². The maximum Gasteiger partial charge on any atom is 0.218 e. The molecule has 0 aliphatic carbocycles. The molecule has 0 spiro atoms. The zero-order valence-electron chi connectivity index (χ0n) is 9.08. The van der Waals surface area contributed by atoms with Crippen LogP contribution < -0.4 is 5.30 Å². The summed E-state index contributed by atoms with van der Waals surface area (Å²) in [6.45, 7) is 0. The summed E-state index contributed by atoms with van der Waals surface area (Å²) in [5.74, 6) is 0. The second-order valence-corrected chi connectivity index (χ2v) is 4.85. The molecule has 0 saturated heterocycles. The highest BCUT2D eigenvalue weighted by molar-refractivity contribution is 7.47. The number of benzene rings is 2. The molecule has 3 nitrogen and oxygen atoms in total. The van der Waals surface area contributed by atoms with Crippen molar-refractivity contribution in [2.24, 2.45) is 0 Å². The van der Waals surface area contributed by atoms with Crippen molar-refractivity contribution in [2.75, 3.05) is 0 Å². The zero-order chi connectivity index (χ0) is 12.3. The lowest BCUT2D eigenvalue weighted by Gasteiger charge is -2.14. The standard InChI is InChI=1S/C13H13O3P/c14-13(10-6-2-1-3-7-10)11-8-4-5-9-12(11)17(15)16/h1-9,13-14,17H,(H,15,16). The summed E-state index contributed by atoms with van der Waals surface area (Å²) >= 11 is 0. The molecule has 2 atom stereocenters. The van der Waals surface area contributed by atoms with Crippen molar-refractivity contribution in [3.05, 3.63) is 65.7 Å². The molecule has 4 heteroatoms. The third-order valence-corrected chi connectivity index (χ3v) is 3.52. The third kappa shape index (κ3) is 2.64. The average molecular weight is 248 g/mol. The van der Waals surface area contributed by atoms with E-state index in [0.29, 0.717) is 16.4 Å². The Balaban J connectivity index is 2.44. The van der Waals surface area contributed by atoms with E-state index in [2.05, 4.69) is 0 Å². The summed E-state index contributed by atoms with van der Waals surface area (Å²) in [6.07, 6.45) is -0.867. The van der Waals surface area contributed by atoms with Gasteiger partial charge in [0.2, 0.25) is 8.03 Å². The van der Waals surface area contributed by atoms with Gasteiger partial charge in [-0.3, -0.25) is 4.57 Å². The molecule has 88 valence electrons. The average Bonchev–Trinajstić information content (AvgIpc) is 2.39. The van der Waals surface area contributed by atoms with Gasteiger partial charge in [-0.2, -0.15) is 0 Å². The summed E-state index contributed by atoms with van der Waals surface area (Å²) in [4.78, 5) is 9.24. The van der Waals surface area contributed by atoms with E-state index in [9.17, 15) is 14.6 Å². The smallest absolute Gasteiger partial charge is 0.218 e.